The molecule has 1 atom stereocenters. The van der Waals surface area contributed by atoms with Gasteiger partial charge in [0.2, 0.25) is 6.79 Å². The van der Waals surface area contributed by atoms with Crippen LogP contribution in [0.4, 0.5) is 5.69 Å². The van der Waals surface area contributed by atoms with Crippen molar-refractivity contribution in [1.29, 1.82) is 0 Å². The molecule has 0 saturated carbocycles. The average Bonchev–Trinajstić information content (AvgIpc) is 2.87. The number of halogens is 1. The van der Waals surface area contributed by atoms with Crippen LogP contribution in [0.5, 0.6) is 11.5 Å². The molecule has 0 amide bonds. The van der Waals surface area contributed by atoms with Crippen LogP contribution in [0, 0.1) is 3.57 Å². The van der Waals surface area contributed by atoms with Crippen LogP contribution < -0.4 is 14.8 Å². The number of hydrogen-bond acceptors (Lipinski definition) is 3. The molecule has 0 spiro atoms. The zero-order valence-electron chi connectivity index (χ0n) is 10.5. The van der Waals surface area contributed by atoms with Crippen molar-refractivity contribution in [2.75, 3.05) is 12.1 Å². The van der Waals surface area contributed by atoms with E-state index in [1.165, 1.54) is 9.13 Å². The molecule has 0 saturated heterocycles. The third kappa shape index (κ3) is 2.78. The second-order valence-corrected chi connectivity index (χ2v) is 5.73. The molecule has 1 aliphatic heterocycles. The SMILES string of the molecule is CC(Nc1ccc2c(c1)OCO2)c1ccc(I)cc1. The lowest BCUT2D eigenvalue weighted by Crippen LogP contribution is -2.06. The number of rotatable bonds is 3. The third-order valence-electron chi connectivity index (χ3n) is 3.13. The summed E-state index contributed by atoms with van der Waals surface area (Å²) in [4.78, 5) is 0. The average molecular weight is 367 g/mol. The Kier molecular flexibility index (Phi) is 3.50. The highest BCUT2D eigenvalue weighted by atomic mass is 127. The summed E-state index contributed by atoms with van der Waals surface area (Å²) in [6.07, 6.45) is 0. The number of benzene rings is 2. The quantitative estimate of drug-likeness (QED) is 0.826. The van der Waals surface area contributed by atoms with E-state index in [2.05, 4.69) is 59.1 Å². The second kappa shape index (κ2) is 5.28. The minimum atomic E-state index is 0.248. The van der Waals surface area contributed by atoms with Gasteiger partial charge in [-0.1, -0.05) is 12.1 Å². The van der Waals surface area contributed by atoms with Crippen molar-refractivity contribution >= 4 is 28.3 Å². The summed E-state index contributed by atoms with van der Waals surface area (Å²) in [5.41, 5.74) is 2.30. The fourth-order valence-electron chi connectivity index (χ4n) is 2.07. The molecule has 1 N–H and O–H groups in total. The van der Waals surface area contributed by atoms with Crippen molar-refractivity contribution in [2.45, 2.75) is 13.0 Å². The Morgan fingerprint density at radius 3 is 2.58 bits per heavy atom. The molecule has 1 aliphatic rings. The van der Waals surface area contributed by atoms with Gasteiger partial charge in [0.25, 0.3) is 0 Å². The maximum Gasteiger partial charge on any atom is 0.231 e. The van der Waals surface area contributed by atoms with Gasteiger partial charge in [0.05, 0.1) is 0 Å². The summed E-state index contributed by atoms with van der Waals surface area (Å²) in [6, 6.07) is 14.7. The molecule has 0 aromatic heterocycles. The van der Waals surface area contributed by atoms with E-state index < -0.39 is 0 Å². The van der Waals surface area contributed by atoms with Crippen LogP contribution in [0.3, 0.4) is 0 Å². The van der Waals surface area contributed by atoms with Gasteiger partial charge >= 0.3 is 0 Å². The van der Waals surface area contributed by atoms with Gasteiger partial charge in [-0.25, -0.2) is 0 Å². The van der Waals surface area contributed by atoms with E-state index in [1.807, 2.05) is 18.2 Å². The molecule has 98 valence electrons. The summed E-state index contributed by atoms with van der Waals surface area (Å²) in [6.45, 7) is 2.46. The number of hydrogen-bond donors (Lipinski definition) is 1. The van der Waals surface area contributed by atoms with E-state index in [9.17, 15) is 0 Å². The van der Waals surface area contributed by atoms with E-state index in [0.29, 0.717) is 6.79 Å². The highest BCUT2D eigenvalue weighted by Gasteiger charge is 2.14. The number of ether oxygens (including phenoxy) is 2. The minimum Gasteiger partial charge on any atom is -0.454 e. The van der Waals surface area contributed by atoms with Crippen molar-refractivity contribution in [3.63, 3.8) is 0 Å². The molecular weight excluding hydrogens is 353 g/mol. The summed E-state index contributed by atoms with van der Waals surface area (Å²) < 4.78 is 11.9. The number of nitrogens with one attached hydrogen (secondary N) is 1. The molecule has 0 fully saturated rings. The smallest absolute Gasteiger partial charge is 0.231 e. The Hall–Kier alpha value is -1.43. The Balaban J connectivity index is 1.75. The van der Waals surface area contributed by atoms with Crippen molar-refractivity contribution in [3.05, 3.63) is 51.6 Å². The van der Waals surface area contributed by atoms with Crippen LogP contribution in [0.25, 0.3) is 0 Å². The lowest BCUT2D eigenvalue weighted by molar-refractivity contribution is 0.174. The summed E-state index contributed by atoms with van der Waals surface area (Å²) >= 11 is 2.31. The van der Waals surface area contributed by atoms with E-state index in [4.69, 9.17) is 9.47 Å². The molecule has 3 nitrogen and oxygen atoms in total. The standard InChI is InChI=1S/C15H14INO2/c1-10(11-2-4-12(16)5-3-11)17-13-6-7-14-15(8-13)19-9-18-14/h2-8,10,17H,9H2,1H3. The first-order chi connectivity index (χ1) is 9.22. The number of fused-ring (bicyclic) bond motifs is 1. The molecule has 19 heavy (non-hydrogen) atoms. The van der Waals surface area contributed by atoms with Crippen LogP contribution in [-0.4, -0.2) is 6.79 Å². The Morgan fingerprint density at radius 1 is 1.05 bits per heavy atom. The van der Waals surface area contributed by atoms with Crippen molar-refractivity contribution in [3.8, 4) is 11.5 Å². The molecule has 0 aliphatic carbocycles. The monoisotopic (exact) mass is 367 g/mol. The molecule has 2 aromatic carbocycles. The summed E-state index contributed by atoms with van der Waals surface area (Å²) in [5, 5.41) is 3.47. The first-order valence-electron chi connectivity index (χ1n) is 6.14. The Bertz CT molecular complexity index is 583. The Morgan fingerprint density at radius 2 is 1.79 bits per heavy atom. The zero-order valence-corrected chi connectivity index (χ0v) is 12.7. The molecule has 1 unspecified atom stereocenters. The molecule has 3 rings (SSSR count). The van der Waals surface area contributed by atoms with Gasteiger partial charge in [-0.2, -0.15) is 0 Å². The van der Waals surface area contributed by atoms with Crippen LogP contribution in [-0.2, 0) is 0 Å². The van der Waals surface area contributed by atoms with Crippen LogP contribution in [0.15, 0.2) is 42.5 Å². The Labute approximate surface area is 126 Å². The van der Waals surface area contributed by atoms with Crippen molar-refractivity contribution in [2.24, 2.45) is 0 Å². The maximum atomic E-state index is 5.38. The van der Waals surface area contributed by atoms with Gasteiger partial charge in [-0.15, -0.1) is 0 Å². The van der Waals surface area contributed by atoms with Crippen LogP contribution in [0.1, 0.15) is 18.5 Å². The maximum absolute atomic E-state index is 5.38. The summed E-state index contributed by atoms with van der Waals surface area (Å²) in [7, 11) is 0. The van der Waals surface area contributed by atoms with Crippen molar-refractivity contribution in [1.82, 2.24) is 0 Å². The van der Waals surface area contributed by atoms with E-state index in [1.54, 1.807) is 0 Å². The molecule has 1 heterocycles. The molecule has 0 radical (unpaired) electrons. The largest absolute Gasteiger partial charge is 0.454 e. The van der Waals surface area contributed by atoms with Gasteiger partial charge in [0.15, 0.2) is 11.5 Å². The molecule has 2 aromatic rings. The van der Waals surface area contributed by atoms with Gasteiger partial charge in [-0.3, -0.25) is 0 Å². The van der Waals surface area contributed by atoms with E-state index in [-0.39, 0.29) is 6.04 Å². The van der Waals surface area contributed by atoms with Gasteiger partial charge in [0.1, 0.15) is 0 Å². The van der Waals surface area contributed by atoms with Crippen molar-refractivity contribution < 1.29 is 9.47 Å². The highest BCUT2D eigenvalue weighted by molar-refractivity contribution is 14.1. The van der Waals surface area contributed by atoms with Gasteiger partial charge in [0, 0.05) is 21.4 Å². The predicted octanol–water partition coefficient (Wildman–Crippen LogP) is 4.19. The fourth-order valence-corrected chi connectivity index (χ4v) is 2.43. The second-order valence-electron chi connectivity index (χ2n) is 4.49. The predicted molar refractivity (Wildman–Crippen MR) is 83.8 cm³/mol. The molecular formula is C15H14INO2. The van der Waals surface area contributed by atoms with Gasteiger partial charge < -0.3 is 14.8 Å². The number of anilines is 1. The molecule has 0 bridgehead atoms. The van der Waals surface area contributed by atoms with Crippen LogP contribution in [0.2, 0.25) is 0 Å². The zero-order chi connectivity index (χ0) is 13.2. The van der Waals surface area contributed by atoms with Gasteiger partial charge in [-0.05, 0) is 59.3 Å². The van der Waals surface area contributed by atoms with E-state index in [0.717, 1.165) is 17.2 Å². The summed E-state index contributed by atoms with van der Waals surface area (Å²) in [5.74, 6) is 1.62. The highest BCUT2D eigenvalue weighted by Crippen LogP contribution is 2.35. The lowest BCUT2D eigenvalue weighted by atomic mass is 10.1. The minimum absolute atomic E-state index is 0.248. The first kappa shape index (κ1) is 12.6. The first-order valence-corrected chi connectivity index (χ1v) is 7.22. The lowest BCUT2D eigenvalue weighted by Gasteiger charge is -2.16. The fraction of sp³-hybridized carbons (Fsp3) is 0.200. The van der Waals surface area contributed by atoms with Crippen LogP contribution >= 0.6 is 22.6 Å². The third-order valence-corrected chi connectivity index (χ3v) is 3.84. The van der Waals surface area contributed by atoms with E-state index >= 15 is 0 Å². The topological polar surface area (TPSA) is 30.5 Å². The normalized spacial score (nSPS) is 14.2. The molecule has 4 heteroatoms.